The fourth-order valence-corrected chi connectivity index (χ4v) is 2.22. The maximum atomic E-state index is 6.12. The van der Waals surface area contributed by atoms with Crippen LogP contribution in [0.1, 0.15) is 31.0 Å². The molecule has 1 saturated carbocycles. The van der Waals surface area contributed by atoms with Gasteiger partial charge in [-0.1, -0.05) is 18.5 Å². The second kappa shape index (κ2) is 2.72. The van der Waals surface area contributed by atoms with Crippen molar-refractivity contribution in [1.29, 1.82) is 0 Å². The molecule has 72 valence electrons. The summed E-state index contributed by atoms with van der Waals surface area (Å²) in [5.41, 5.74) is 8.19. The second-order valence-electron chi connectivity index (χ2n) is 3.75. The molecular weight excluding hydrogens is 186 g/mol. The molecule has 0 spiro atoms. The van der Waals surface area contributed by atoms with Gasteiger partial charge >= 0.3 is 0 Å². The molecule has 0 radical (unpaired) electrons. The van der Waals surface area contributed by atoms with E-state index < -0.39 is 0 Å². The first-order valence-corrected chi connectivity index (χ1v) is 4.97. The van der Waals surface area contributed by atoms with Crippen LogP contribution in [0.5, 0.6) is 0 Å². The van der Waals surface area contributed by atoms with Gasteiger partial charge in [0.25, 0.3) is 0 Å². The zero-order chi connectivity index (χ0) is 9.64. The van der Waals surface area contributed by atoms with Gasteiger partial charge in [-0.05, 0) is 19.3 Å². The lowest BCUT2D eigenvalue weighted by Gasteiger charge is -2.09. The summed E-state index contributed by atoms with van der Waals surface area (Å²) in [7, 11) is 1.92. The van der Waals surface area contributed by atoms with Crippen molar-refractivity contribution in [2.45, 2.75) is 31.7 Å². The highest BCUT2D eigenvalue weighted by Gasteiger charge is 2.44. The predicted molar refractivity (Wildman–Crippen MR) is 52.7 cm³/mol. The Morgan fingerprint density at radius 3 is 2.69 bits per heavy atom. The normalized spacial score (nSPS) is 19.1. The third-order valence-corrected chi connectivity index (χ3v) is 3.01. The van der Waals surface area contributed by atoms with Crippen molar-refractivity contribution in [1.82, 2.24) is 9.78 Å². The monoisotopic (exact) mass is 199 g/mol. The van der Waals surface area contributed by atoms with Gasteiger partial charge in [-0.25, -0.2) is 0 Å². The highest BCUT2D eigenvalue weighted by Crippen LogP contribution is 2.46. The van der Waals surface area contributed by atoms with E-state index in [1.165, 1.54) is 5.69 Å². The number of nitrogens with two attached hydrogens (primary N) is 1. The van der Waals surface area contributed by atoms with Crippen molar-refractivity contribution in [2.24, 2.45) is 12.8 Å². The molecule has 0 aromatic carbocycles. The van der Waals surface area contributed by atoms with Gasteiger partial charge in [0.05, 0.1) is 0 Å². The number of aryl methyl sites for hydroxylation is 1. The van der Waals surface area contributed by atoms with Gasteiger partial charge < -0.3 is 5.73 Å². The predicted octanol–water partition coefficient (Wildman–Crippen LogP) is 1.58. The minimum atomic E-state index is -0.170. The quantitative estimate of drug-likeness (QED) is 0.786. The van der Waals surface area contributed by atoms with Gasteiger partial charge in [-0.15, -0.1) is 0 Å². The summed E-state index contributed by atoms with van der Waals surface area (Å²) in [6.45, 7) is 2.10. The smallest absolute Gasteiger partial charge is 0.156 e. The summed E-state index contributed by atoms with van der Waals surface area (Å²) < 4.78 is 1.84. The molecule has 1 aromatic heterocycles. The first-order valence-electron chi connectivity index (χ1n) is 4.59. The van der Waals surface area contributed by atoms with Crippen LogP contribution >= 0.6 is 11.6 Å². The number of halogens is 1. The SMILES string of the molecule is CCc1c(C2(N)CC2)c(Cl)nn1C. The zero-order valence-corrected chi connectivity index (χ0v) is 8.73. The summed E-state index contributed by atoms with van der Waals surface area (Å²) in [6, 6.07) is 0. The Morgan fingerprint density at radius 2 is 2.23 bits per heavy atom. The molecule has 0 saturated heterocycles. The van der Waals surface area contributed by atoms with Gasteiger partial charge in [0.2, 0.25) is 0 Å². The standard InChI is InChI=1S/C9H14ClN3/c1-3-6-7(9(11)4-5-9)8(10)12-13(6)2/h3-5,11H2,1-2H3. The van der Waals surface area contributed by atoms with Crippen molar-refractivity contribution >= 4 is 11.6 Å². The fraction of sp³-hybridized carbons (Fsp3) is 0.667. The molecule has 1 heterocycles. The van der Waals surface area contributed by atoms with Crippen LogP contribution in [0.2, 0.25) is 5.15 Å². The lowest BCUT2D eigenvalue weighted by Crippen LogP contribution is -2.20. The third kappa shape index (κ3) is 1.27. The third-order valence-electron chi connectivity index (χ3n) is 2.74. The van der Waals surface area contributed by atoms with E-state index in [2.05, 4.69) is 12.0 Å². The van der Waals surface area contributed by atoms with Crippen LogP contribution in [-0.4, -0.2) is 9.78 Å². The van der Waals surface area contributed by atoms with Crippen LogP contribution in [0, 0.1) is 0 Å². The van der Waals surface area contributed by atoms with Gasteiger partial charge in [0.15, 0.2) is 5.15 Å². The molecule has 4 heteroatoms. The van der Waals surface area contributed by atoms with Crippen molar-refractivity contribution < 1.29 is 0 Å². The minimum absolute atomic E-state index is 0.170. The maximum Gasteiger partial charge on any atom is 0.156 e. The molecule has 0 unspecified atom stereocenters. The van der Waals surface area contributed by atoms with Crippen LogP contribution in [0.15, 0.2) is 0 Å². The number of hydrogen-bond donors (Lipinski definition) is 1. The Balaban J connectivity index is 2.54. The van der Waals surface area contributed by atoms with E-state index in [-0.39, 0.29) is 5.54 Å². The lowest BCUT2D eigenvalue weighted by molar-refractivity contribution is 0.688. The molecule has 0 aliphatic heterocycles. The molecule has 0 amide bonds. The van der Waals surface area contributed by atoms with E-state index in [9.17, 15) is 0 Å². The van der Waals surface area contributed by atoms with E-state index >= 15 is 0 Å². The molecule has 1 aliphatic rings. The van der Waals surface area contributed by atoms with Gasteiger partial charge in [-0.3, -0.25) is 4.68 Å². The Morgan fingerprint density at radius 1 is 1.62 bits per heavy atom. The van der Waals surface area contributed by atoms with Crippen LogP contribution in [-0.2, 0) is 19.0 Å². The molecule has 1 aromatic rings. The molecule has 0 bridgehead atoms. The Labute approximate surface area is 82.9 Å². The van der Waals surface area contributed by atoms with E-state index in [4.69, 9.17) is 17.3 Å². The van der Waals surface area contributed by atoms with Crippen molar-refractivity contribution in [2.75, 3.05) is 0 Å². The molecule has 13 heavy (non-hydrogen) atoms. The number of aromatic nitrogens is 2. The highest BCUT2D eigenvalue weighted by molar-refractivity contribution is 6.30. The molecule has 2 rings (SSSR count). The summed E-state index contributed by atoms with van der Waals surface area (Å²) >= 11 is 6.04. The van der Waals surface area contributed by atoms with Gasteiger partial charge in [0.1, 0.15) is 0 Å². The average Bonchev–Trinajstić information content (AvgIpc) is 2.71. The molecule has 3 nitrogen and oxygen atoms in total. The number of hydrogen-bond acceptors (Lipinski definition) is 2. The zero-order valence-electron chi connectivity index (χ0n) is 7.97. The Kier molecular flexibility index (Phi) is 1.89. The van der Waals surface area contributed by atoms with E-state index in [0.29, 0.717) is 5.15 Å². The Hall–Kier alpha value is -0.540. The van der Waals surface area contributed by atoms with Crippen molar-refractivity contribution in [3.63, 3.8) is 0 Å². The van der Waals surface area contributed by atoms with Crippen LogP contribution < -0.4 is 5.73 Å². The van der Waals surface area contributed by atoms with E-state index in [0.717, 1.165) is 24.8 Å². The van der Waals surface area contributed by atoms with E-state index in [1.807, 2.05) is 11.7 Å². The molecule has 0 atom stereocenters. The Bertz CT molecular complexity index is 339. The van der Waals surface area contributed by atoms with Crippen LogP contribution in [0.3, 0.4) is 0 Å². The van der Waals surface area contributed by atoms with Gasteiger partial charge in [-0.2, -0.15) is 5.10 Å². The van der Waals surface area contributed by atoms with Crippen LogP contribution in [0.25, 0.3) is 0 Å². The van der Waals surface area contributed by atoms with Crippen LogP contribution in [0.4, 0.5) is 0 Å². The first-order chi connectivity index (χ1) is 6.08. The summed E-state index contributed by atoms with van der Waals surface area (Å²) in [5, 5.41) is 4.77. The van der Waals surface area contributed by atoms with Crippen molar-refractivity contribution in [3.8, 4) is 0 Å². The second-order valence-corrected chi connectivity index (χ2v) is 4.10. The van der Waals surface area contributed by atoms with E-state index in [1.54, 1.807) is 0 Å². The molecule has 2 N–H and O–H groups in total. The number of nitrogens with zero attached hydrogens (tertiary/aromatic N) is 2. The maximum absolute atomic E-state index is 6.12. The number of rotatable bonds is 2. The summed E-state index contributed by atoms with van der Waals surface area (Å²) in [6.07, 6.45) is 3.00. The molecule has 1 fully saturated rings. The summed E-state index contributed by atoms with van der Waals surface area (Å²) in [4.78, 5) is 0. The van der Waals surface area contributed by atoms with Crippen molar-refractivity contribution in [3.05, 3.63) is 16.4 Å². The molecular formula is C9H14ClN3. The van der Waals surface area contributed by atoms with Gasteiger partial charge in [0, 0.05) is 23.8 Å². The molecule has 1 aliphatic carbocycles. The largest absolute Gasteiger partial charge is 0.321 e. The fourth-order valence-electron chi connectivity index (χ4n) is 1.81. The summed E-state index contributed by atoms with van der Waals surface area (Å²) in [5.74, 6) is 0. The topological polar surface area (TPSA) is 43.8 Å². The lowest BCUT2D eigenvalue weighted by atomic mass is 10.1. The average molecular weight is 200 g/mol. The first kappa shape index (κ1) is 9.03. The minimum Gasteiger partial charge on any atom is -0.321 e. The highest BCUT2D eigenvalue weighted by atomic mass is 35.5.